The third-order valence-corrected chi connectivity index (χ3v) is 4.64. The van der Waals surface area contributed by atoms with E-state index in [0.717, 1.165) is 5.56 Å². The molecule has 3 rings (SSSR count). The van der Waals surface area contributed by atoms with E-state index in [1.54, 1.807) is 24.3 Å². The second-order valence-electron chi connectivity index (χ2n) is 7.18. The first-order valence-electron chi connectivity index (χ1n) is 9.99. The first-order valence-corrected chi connectivity index (χ1v) is 9.99. The van der Waals surface area contributed by atoms with Crippen molar-refractivity contribution in [2.45, 2.75) is 20.3 Å². The Morgan fingerprint density at radius 3 is 2.39 bits per heavy atom. The SMILES string of the molecule is CC(=Nc1ccccc1N=Cc1ccc(OCCC(=O)O)cc1O)c1ccc(C)cc1O.[Os+]. The molecule has 0 amide bonds. The van der Waals surface area contributed by atoms with E-state index in [-0.39, 0.29) is 44.3 Å². The van der Waals surface area contributed by atoms with Crippen molar-refractivity contribution in [1.29, 1.82) is 0 Å². The quantitative estimate of drug-likeness (QED) is 0.301. The molecule has 0 spiro atoms. The molecule has 3 aromatic carbocycles. The number of phenols is 2. The van der Waals surface area contributed by atoms with Crippen LogP contribution < -0.4 is 4.74 Å². The number of ether oxygens (including phenoxy) is 1. The van der Waals surface area contributed by atoms with Gasteiger partial charge in [-0.2, -0.15) is 0 Å². The zero-order chi connectivity index (χ0) is 23.1. The zero-order valence-electron chi connectivity index (χ0n) is 18.2. The summed E-state index contributed by atoms with van der Waals surface area (Å²) in [5, 5.41) is 29.1. The number of aliphatic carboxylic acids is 1. The summed E-state index contributed by atoms with van der Waals surface area (Å²) < 4.78 is 5.31. The summed E-state index contributed by atoms with van der Waals surface area (Å²) in [6.07, 6.45) is 1.39. The summed E-state index contributed by atoms with van der Waals surface area (Å²) in [5.41, 5.74) is 3.94. The Labute approximate surface area is 205 Å². The molecule has 8 heteroatoms. The summed E-state index contributed by atoms with van der Waals surface area (Å²) in [5.74, 6) is -0.447. The second kappa shape index (κ2) is 11.9. The molecule has 1 radical (unpaired) electrons. The molecule has 0 aromatic heterocycles. The molecular formula is C25H24N2O5Os+. The molecule has 0 aliphatic rings. The number of phenolic OH excluding ortho intramolecular Hbond substituents is 2. The molecule has 0 bridgehead atoms. The van der Waals surface area contributed by atoms with Gasteiger partial charge in [-0.05, 0) is 55.8 Å². The van der Waals surface area contributed by atoms with Crippen molar-refractivity contribution in [3.05, 3.63) is 77.4 Å². The molecule has 33 heavy (non-hydrogen) atoms. The van der Waals surface area contributed by atoms with Crippen molar-refractivity contribution >= 4 is 29.3 Å². The number of aliphatic imine (C=N–C) groups is 2. The van der Waals surface area contributed by atoms with E-state index in [1.807, 2.05) is 44.2 Å². The number of rotatable bonds is 8. The van der Waals surface area contributed by atoms with Crippen LogP contribution in [0.3, 0.4) is 0 Å². The van der Waals surface area contributed by atoms with Gasteiger partial charge in [-0.25, -0.2) is 0 Å². The van der Waals surface area contributed by atoms with Crippen molar-refractivity contribution in [1.82, 2.24) is 0 Å². The predicted octanol–water partition coefficient (Wildman–Crippen LogP) is 5.15. The minimum atomic E-state index is -0.952. The van der Waals surface area contributed by atoms with E-state index in [2.05, 4.69) is 9.98 Å². The number of carbonyl (C=O) groups is 1. The summed E-state index contributed by atoms with van der Waals surface area (Å²) in [4.78, 5) is 19.7. The monoisotopic (exact) mass is 624 g/mol. The fraction of sp³-hybridized carbons (Fsp3) is 0.160. The molecule has 0 heterocycles. The number of nitrogens with zero attached hydrogens (tertiary/aromatic N) is 2. The van der Waals surface area contributed by atoms with E-state index < -0.39 is 5.97 Å². The van der Waals surface area contributed by atoms with E-state index in [9.17, 15) is 15.0 Å². The normalized spacial score (nSPS) is 11.3. The van der Waals surface area contributed by atoms with Crippen molar-refractivity contribution in [3.8, 4) is 17.2 Å². The molecule has 0 saturated carbocycles. The van der Waals surface area contributed by atoms with Gasteiger partial charge in [0.1, 0.15) is 17.2 Å². The van der Waals surface area contributed by atoms with Gasteiger partial charge in [0.25, 0.3) is 0 Å². The van der Waals surface area contributed by atoms with Gasteiger partial charge in [0, 0.05) is 29.1 Å². The standard InChI is InChI=1S/C25H24N2O5.Os/c1-16-7-10-20(24(29)13-16)17(2)27-22-6-4-3-5-21(22)26-15-18-8-9-19(14-23(18)28)32-12-11-25(30)31;/h3-10,13-15,28-29H,11-12H2,1-2H3,(H,30,31);/q;+1. The fourth-order valence-corrected chi connectivity index (χ4v) is 2.97. The largest absolute Gasteiger partial charge is 1.00 e. The van der Waals surface area contributed by atoms with Crippen LogP contribution in [0.1, 0.15) is 30.0 Å². The van der Waals surface area contributed by atoms with Crippen molar-refractivity contribution in [2.75, 3.05) is 6.61 Å². The number of carboxylic acid groups (broad SMARTS) is 1. The predicted molar refractivity (Wildman–Crippen MR) is 124 cm³/mol. The van der Waals surface area contributed by atoms with Crippen LogP contribution in [-0.2, 0) is 24.6 Å². The molecule has 0 aliphatic heterocycles. The fourth-order valence-electron chi connectivity index (χ4n) is 2.97. The van der Waals surface area contributed by atoms with Gasteiger partial charge in [-0.3, -0.25) is 14.8 Å². The van der Waals surface area contributed by atoms with Gasteiger partial charge in [0.15, 0.2) is 0 Å². The summed E-state index contributed by atoms with van der Waals surface area (Å²) in [6, 6.07) is 17.4. The first kappa shape index (κ1) is 25.8. The van der Waals surface area contributed by atoms with Crippen LogP contribution in [0, 0.1) is 6.92 Å². The Bertz CT molecular complexity index is 1190. The Morgan fingerprint density at radius 2 is 1.73 bits per heavy atom. The molecule has 3 aromatic rings. The first-order chi connectivity index (χ1) is 15.3. The Balaban J connectivity index is 0.00000385. The molecule has 7 nitrogen and oxygen atoms in total. The number of hydrogen-bond donors (Lipinski definition) is 3. The minimum Gasteiger partial charge on any atom is -0.507 e. The van der Waals surface area contributed by atoms with Crippen LogP contribution >= 0.6 is 0 Å². The third-order valence-electron chi connectivity index (χ3n) is 4.64. The smallest absolute Gasteiger partial charge is 0.507 e. The molecule has 0 unspecified atom stereocenters. The number of carboxylic acids is 1. The zero-order valence-corrected chi connectivity index (χ0v) is 20.7. The van der Waals surface area contributed by atoms with Gasteiger partial charge in [-0.15, -0.1) is 0 Å². The second-order valence-corrected chi connectivity index (χ2v) is 7.18. The molecule has 0 aliphatic carbocycles. The van der Waals surface area contributed by atoms with Crippen molar-refractivity contribution in [3.63, 3.8) is 0 Å². The number of aryl methyl sites for hydroxylation is 1. The molecule has 171 valence electrons. The maximum Gasteiger partial charge on any atom is 1.00 e. The van der Waals surface area contributed by atoms with Crippen molar-refractivity contribution in [2.24, 2.45) is 9.98 Å². The Hall–Kier alpha value is -3.49. The van der Waals surface area contributed by atoms with E-state index in [0.29, 0.717) is 34.0 Å². The molecular weight excluding hydrogens is 599 g/mol. The van der Waals surface area contributed by atoms with Gasteiger partial charge < -0.3 is 20.1 Å². The number of benzene rings is 3. The summed E-state index contributed by atoms with van der Waals surface area (Å²) in [6.45, 7) is 3.74. The summed E-state index contributed by atoms with van der Waals surface area (Å²) >= 11 is 0. The number of hydrogen-bond acceptors (Lipinski definition) is 6. The van der Waals surface area contributed by atoms with Gasteiger partial charge in [0.2, 0.25) is 0 Å². The molecule has 0 saturated heterocycles. The van der Waals surface area contributed by atoms with Crippen LogP contribution in [0.5, 0.6) is 17.2 Å². The summed E-state index contributed by atoms with van der Waals surface area (Å²) in [7, 11) is 0. The number of para-hydroxylation sites is 2. The average Bonchev–Trinajstić information content (AvgIpc) is 2.73. The Morgan fingerprint density at radius 1 is 1.00 bits per heavy atom. The van der Waals surface area contributed by atoms with Crippen LogP contribution in [0.15, 0.2) is 70.6 Å². The average molecular weight is 623 g/mol. The van der Waals surface area contributed by atoms with Crippen LogP contribution in [0.25, 0.3) is 0 Å². The molecule has 0 atom stereocenters. The minimum absolute atomic E-state index is 0. The topological polar surface area (TPSA) is 112 Å². The maximum absolute atomic E-state index is 10.6. The van der Waals surface area contributed by atoms with E-state index in [1.165, 1.54) is 12.3 Å². The van der Waals surface area contributed by atoms with Crippen LogP contribution in [-0.4, -0.2) is 39.8 Å². The van der Waals surface area contributed by atoms with Crippen LogP contribution in [0.4, 0.5) is 11.4 Å². The van der Waals surface area contributed by atoms with Gasteiger partial charge in [-0.1, -0.05) is 18.2 Å². The van der Waals surface area contributed by atoms with E-state index >= 15 is 0 Å². The van der Waals surface area contributed by atoms with Crippen LogP contribution in [0.2, 0.25) is 0 Å². The van der Waals surface area contributed by atoms with Gasteiger partial charge in [0.05, 0.1) is 24.4 Å². The molecule has 3 N–H and O–H groups in total. The molecule has 0 fully saturated rings. The third kappa shape index (κ3) is 7.26. The van der Waals surface area contributed by atoms with E-state index in [4.69, 9.17) is 9.84 Å². The maximum atomic E-state index is 10.6. The number of aromatic hydroxyl groups is 2. The van der Waals surface area contributed by atoms with Gasteiger partial charge >= 0.3 is 25.8 Å². The Kier molecular flexibility index (Phi) is 9.32. The van der Waals surface area contributed by atoms with Crippen molar-refractivity contribution < 1.29 is 44.6 Å².